The van der Waals surface area contributed by atoms with Crippen LogP contribution < -0.4 is 0 Å². The van der Waals surface area contributed by atoms with Crippen molar-refractivity contribution in [1.82, 2.24) is 15.0 Å². The fourth-order valence-electron chi connectivity index (χ4n) is 2.38. The van der Waals surface area contributed by atoms with Crippen molar-refractivity contribution in [2.24, 2.45) is 0 Å². The first-order valence-corrected chi connectivity index (χ1v) is 8.74. The predicted molar refractivity (Wildman–Crippen MR) is 84.5 cm³/mol. The molecule has 1 aromatic heterocycles. The molecule has 2 aromatic rings. The maximum Gasteiger partial charge on any atom is 0.111 e. The highest BCUT2D eigenvalue weighted by atomic mass is 32.2. The molecule has 2 heterocycles. The van der Waals surface area contributed by atoms with E-state index in [1.54, 1.807) is 10.9 Å². The summed E-state index contributed by atoms with van der Waals surface area (Å²) < 4.78 is 1.73. The lowest BCUT2D eigenvalue weighted by atomic mass is 10.1. The number of para-hydroxylation sites is 1. The van der Waals surface area contributed by atoms with E-state index in [2.05, 4.69) is 17.2 Å². The monoisotopic (exact) mass is 307 g/mol. The second kappa shape index (κ2) is 6.20. The Hall–Kier alpha value is -0.980. The quantitative estimate of drug-likeness (QED) is 0.944. The molecular weight excluding hydrogens is 290 g/mol. The summed E-state index contributed by atoms with van der Waals surface area (Å²) in [6, 6.07) is 9.82. The van der Waals surface area contributed by atoms with Gasteiger partial charge in [-0.15, -0.1) is 5.10 Å². The topological polar surface area (TPSA) is 50.9 Å². The summed E-state index contributed by atoms with van der Waals surface area (Å²) in [7, 11) is 0. The molecule has 0 aliphatic carbocycles. The van der Waals surface area contributed by atoms with Gasteiger partial charge in [-0.2, -0.15) is 23.5 Å². The van der Waals surface area contributed by atoms with Crippen LogP contribution in [0.15, 0.2) is 36.5 Å². The molecule has 3 atom stereocenters. The third kappa shape index (κ3) is 2.73. The molecule has 3 rings (SSSR count). The van der Waals surface area contributed by atoms with Gasteiger partial charge in [0.15, 0.2) is 0 Å². The Morgan fingerprint density at radius 1 is 1.25 bits per heavy atom. The third-order valence-electron chi connectivity index (χ3n) is 3.43. The predicted octanol–water partition coefficient (Wildman–Crippen LogP) is 2.54. The Morgan fingerprint density at radius 3 is 2.75 bits per heavy atom. The summed E-state index contributed by atoms with van der Waals surface area (Å²) in [4.78, 5) is 0. The largest absolute Gasteiger partial charge is 0.386 e. The molecular formula is C14H17N3OS2. The van der Waals surface area contributed by atoms with Crippen LogP contribution in [0, 0.1) is 0 Å². The minimum atomic E-state index is -0.544. The van der Waals surface area contributed by atoms with E-state index in [0.29, 0.717) is 5.25 Å². The molecule has 0 bridgehead atoms. The van der Waals surface area contributed by atoms with Crippen LogP contribution >= 0.6 is 23.5 Å². The molecule has 0 amide bonds. The Labute approximate surface area is 127 Å². The van der Waals surface area contributed by atoms with Crippen molar-refractivity contribution in [3.8, 4) is 5.69 Å². The summed E-state index contributed by atoms with van der Waals surface area (Å²) in [5.74, 6) is 2.24. The van der Waals surface area contributed by atoms with Gasteiger partial charge in [0, 0.05) is 22.0 Å². The maximum atomic E-state index is 10.7. The molecule has 6 heteroatoms. The van der Waals surface area contributed by atoms with E-state index >= 15 is 0 Å². The van der Waals surface area contributed by atoms with E-state index in [0.717, 1.165) is 22.9 Å². The standard InChI is InChI=1S/C14H17N3OS2/c1-10-14(20-8-7-19-10)13(18)12-9-15-16-17(12)11-5-3-2-4-6-11/h2-6,9-10,13-14,18H,7-8H2,1H3. The zero-order chi connectivity index (χ0) is 13.9. The lowest BCUT2D eigenvalue weighted by Crippen LogP contribution is -2.30. The van der Waals surface area contributed by atoms with Gasteiger partial charge in [-0.25, -0.2) is 4.68 Å². The van der Waals surface area contributed by atoms with Crippen LogP contribution in [-0.4, -0.2) is 42.1 Å². The Balaban J connectivity index is 1.89. The van der Waals surface area contributed by atoms with Crippen molar-refractivity contribution >= 4 is 23.5 Å². The maximum absolute atomic E-state index is 10.7. The Morgan fingerprint density at radius 2 is 2.00 bits per heavy atom. The normalized spacial score (nSPS) is 24.5. The first-order chi connectivity index (χ1) is 9.77. The van der Waals surface area contributed by atoms with Gasteiger partial charge in [0.1, 0.15) is 6.10 Å². The van der Waals surface area contributed by atoms with Crippen LogP contribution in [0.25, 0.3) is 5.69 Å². The summed E-state index contributed by atoms with van der Waals surface area (Å²) >= 11 is 3.76. The first-order valence-electron chi connectivity index (χ1n) is 6.64. The van der Waals surface area contributed by atoms with Crippen LogP contribution in [-0.2, 0) is 0 Å². The molecule has 3 unspecified atom stereocenters. The van der Waals surface area contributed by atoms with E-state index in [-0.39, 0.29) is 5.25 Å². The number of benzene rings is 1. The molecule has 1 aliphatic heterocycles. The number of aliphatic hydroxyl groups is 1. The number of rotatable bonds is 3. The Bertz CT molecular complexity index is 561. The van der Waals surface area contributed by atoms with E-state index in [4.69, 9.17) is 0 Å². The summed E-state index contributed by atoms with van der Waals surface area (Å²) in [6.45, 7) is 2.18. The number of thioether (sulfide) groups is 2. The summed E-state index contributed by atoms with van der Waals surface area (Å²) in [5.41, 5.74) is 1.70. The van der Waals surface area contributed by atoms with Gasteiger partial charge in [-0.05, 0) is 12.1 Å². The van der Waals surface area contributed by atoms with Crippen LogP contribution in [0.4, 0.5) is 0 Å². The molecule has 20 heavy (non-hydrogen) atoms. The summed E-state index contributed by atoms with van der Waals surface area (Å²) in [5, 5.41) is 19.4. The van der Waals surface area contributed by atoms with Crippen molar-refractivity contribution < 1.29 is 5.11 Å². The number of hydrogen-bond donors (Lipinski definition) is 1. The molecule has 1 N–H and O–H groups in total. The van der Waals surface area contributed by atoms with E-state index in [1.807, 2.05) is 53.9 Å². The number of hydrogen-bond acceptors (Lipinski definition) is 5. The molecule has 1 aliphatic rings. The summed E-state index contributed by atoms with van der Waals surface area (Å²) in [6.07, 6.45) is 1.13. The minimum absolute atomic E-state index is 0.190. The van der Waals surface area contributed by atoms with Crippen molar-refractivity contribution in [1.29, 1.82) is 0 Å². The second-order valence-corrected chi connectivity index (χ2v) is 7.53. The molecule has 0 spiro atoms. The molecule has 4 nitrogen and oxygen atoms in total. The third-order valence-corrected chi connectivity index (χ3v) is 6.61. The highest BCUT2D eigenvalue weighted by Gasteiger charge is 2.32. The Kier molecular flexibility index (Phi) is 4.33. The average Bonchev–Trinajstić information content (AvgIpc) is 2.97. The van der Waals surface area contributed by atoms with Crippen LogP contribution in [0.2, 0.25) is 0 Å². The molecule has 1 fully saturated rings. The lowest BCUT2D eigenvalue weighted by molar-refractivity contribution is 0.166. The van der Waals surface area contributed by atoms with Crippen LogP contribution in [0.1, 0.15) is 18.7 Å². The van der Waals surface area contributed by atoms with E-state index in [1.165, 1.54) is 0 Å². The smallest absolute Gasteiger partial charge is 0.111 e. The molecule has 0 radical (unpaired) electrons. The lowest BCUT2D eigenvalue weighted by Gasteiger charge is -2.31. The zero-order valence-electron chi connectivity index (χ0n) is 11.2. The van der Waals surface area contributed by atoms with Crippen molar-refractivity contribution in [2.45, 2.75) is 23.5 Å². The fourth-order valence-corrected chi connectivity index (χ4v) is 5.20. The van der Waals surface area contributed by atoms with Crippen molar-refractivity contribution in [2.75, 3.05) is 11.5 Å². The number of aromatic nitrogens is 3. The molecule has 1 saturated heterocycles. The van der Waals surface area contributed by atoms with Crippen LogP contribution in [0.3, 0.4) is 0 Å². The van der Waals surface area contributed by atoms with Gasteiger partial charge in [-0.3, -0.25) is 0 Å². The van der Waals surface area contributed by atoms with E-state index in [9.17, 15) is 5.11 Å². The molecule has 0 saturated carbocycles. The number of aliphatic hydroxyl groups excluding tert-OH is 1. The van der Waals surface area contributed by atoms with Gasteiger partial charge < -0.3 is 5.11 Å². The van der Waals surface area contributed by atoms with Gasteiger partial charge >= 0.3 is 0 Å². The van der Waals surface area contributed by atoms with E-state index < -0.39 is 6.10 Å². The molecule has 1 aromatic carbocycles. The van der Waals surface area contributed by atoms with Gasteiger partial charge in [0.2, 0.25) is 0 Å². The van der Waals surface area contributed by atoms with Gasteiger partial charge in [0.25, 0.3) is 0 Å². The van der Waals surface area contributed by atoms with Crippen LogP contribution in [0.5, 0.6) is 0 Å². The highest BCUT2D eigenvalue weighted by molar-refractivity contribution is 8.07. The van der Waals surface area contributed by atoms with Crippen molar-refractivity contribution in [3.63, 3.8) is 0 Å². The van der Waals surface area contributed by atoms with Crippen molar-refractivity contribution in [3.05, 3.63) is 42.2 Å². The zero-order valence-corrected chi connectivity index (χ0v) is 12.8. The second-order valence-electron chi connectivity index (χ2n) is 4.76. The SMILES string of the molecule is CC1SCCSC1C(O)c1cnnn1-c1ccccc1. The highest BCUT2D eigenvalue weighted by Crippen LogP contribution is 2.38. The minimum Gasteiger partial charge on any atom is -0.386 e. The molecule has 106 valence electrons. The van der Waals surface area contributed by atoms with Gasteiger partial charge in [0.05, 0.1) is 17.6 Å². The average molecular weight is 307 g/mol. The number of nitrogens with zero attached hydrogens (tertiary/aromatic N) is 3. The first kappa shape index (κ1) is 14.0. The van der Waals surface area contributed by atoms with Gasteiger partial charge in [-0.1, -0.05) is 30.3 Å². The fraction of sp³-hybridized carbons (Fsp3) is 0.429.